The van der Waals surface area contributed by atoms with Crippen molar-refractivity contribution in [3.8, 4) is 6.07 Å². The highest BCUT2D eigenvalue weighted by molar-refractivity contribution is 7.89. The monoisotopic (exact) mass is 404 g/mol. The number of nitrogens with zero attached hydrogens (tertiary/aromatic N) is 2. The van der Waals surface area contributed by atoms with Crippen LogP contribution in [0, 0.1) is 21.4 Å². The molecule has 0 aromatic heterocycles. The molecule has 0 aliphatic carbocycles. The van der Waals surface area contributed by atoms with Crippen molar-refractivity contribution in [2.24, 2.45) is 5.14 Å². The summed E-state index contributed by atoms with van der Waals surface area (Å²) in [5.41, 5.74) is 0.790. The third-order valence-corrected chi connectivity index (χ3v) is 4.53. The highest BCUT2D eigenvalue weighted by Crippen LogP contribution is 2.27. The summed E-state index contributed by atoms with van der Waals surface area (Å²) in [6.07, 6.45) is -0.0651. The molecule has 0 atom stereocenters. The number of primary sulfonamides is 1. The third kappa shape index (κ3) is 5.76. The van der Waals surface area contributed by atoms with Crippen LogP contribution in [0.25, 0.3) is 0 Å². The van der Waals surface area contributed by atoms with Gasteiger partial charge < -0.3 is 10.1 Å². The van der Waals surface area contributed by atoms with E-state index >= 15 is 0 Å². The normalized spacial score (nSPS) is 10.7. The zero-order valence-corrected chi connectivity index (χ0v) is 15.3. The van der Waals surface area contributed by atoms with E-state index in [1.165, 1.54) is 6.07 Å². The van der Waals surface area contributed by atoms with Crippen LogP contribution < -0.4 is 10.5 Å². The number of rotatable bonds is 8. The average Bonchev–Trinajstić information content (AvgIpc) is 2.66. The van der Waals surface area contributed by atoms with Crippen LogP contribution >= 0.6 is 0 Å². The number of nitro benzene ring substituents is 1. The highest BCUT2D eigenvalue weighted by Gasteiger charge is 2.19. The van der Waals surface area contributed by atoms with Crippen LogP contribution in [0.5, 0.6) is 0 Å². The number of hydrogen-bond donors (Lipinski definition) is 2. The standard InChI is InChI=1S/C17H16N4O6S/c18-10-12-1-3-13(4-2-12)11-27-17(22)7-8-20-15-6-5-14(28(19,25)26)9-16(15)21(23)24/h1-6,9,20H,7-8,11H2,(H2,19,25,26). The van der Waals surface area contributed by atoms with Gasteiger partial charge in [-0.25, -0.2) is 13.6 Å². The Balaban J connectivity index is 1.90. The summed E-state index contributed by atoms with van der Waals surface area (Å²) in [6, 6.07) is 11.7. The minimum absolute atomic E-state index is 0.0355. The van der Waals surface area contributed by atoms with Crippen molar-refractivity contribution in [3.05, 3.63) is 63.7 Å². The van der Waals surface area contributed by atoms with Crippen LogP contribution in [0.1, 0.15) is 17.5 Å². The lowest BCUT2D eigenvalue weighted by Crippen LogP contribution is -2.14. The third-order valence-electron chi connectivity index (χ3n) is 3.62. The van der Waals surface area contributed by atoms with E-state index < -0.39 is 26.6 Å². The molecule has 0 spiro atoms. The zero-order valence-electron chi connectivity index (χ0n) is 14.5. The van der Waals surface area contributed by atoms with Crippen LogP contribution in [-0.2, 0) is 26.2 Å². The van der Waals surface area contributed by atoms with E-state index in [1.807, 2.05) is 6.07 Å². The lowest BCUT2D eigenvalue weighted by atomic mass is 10.2. The van der Waals surface area contributed by atoms with E-state index in [0.29, 0.717) is 5.56 Å². The fourth-order valence-corrected chi connectivity index (χ4v) is 2.73. The molecule has 28 heavy (non-hydrogen) atoms. The molecule has 2 aromatic carbocycles. The van der Waals surface area contributed by atoms with E-state index in [9.17, 15) is 23.3 Å². The lowest BCUT2D eigenvalue weighted by Gasteiger charge is -2.09. The Bertz CT molecular complexity index is 1030. The second-order valence-electron chi connectivity index (χ2n) is 5.63. The Morgan fingerprint density at radius 2 is 1.93 bits per heavy atom. The first-order valence-electron chi connectivity index (χ1n) is 7.90. The molecule has 3 N–H and O–H groups in total. The fourth-order valence-electron chi connectivity index (χ4n) is 2.20. The number of nitrogens with two attached hydrogens (primary N) is 1. The number of carbonyl (C=O) groups is 1. The highest BCUT2D eigenvalue weighted by atomic mass is 32.2. The van der Waals surface area contributed by atoms with Crippen molar-refractivity contribution >= 4 is 27.4 Å². The maximum Gasteiger partial charge on any atom is 0.307 e. The number of benzene rings is 2. The molecule has 0 amide bonds. The number of sulfonamides is 1. The van der Waals surface area contributed by atoms with E-state index in [0.717, 1.165) is 17.7 Å². The molecule has 0 saturated carbocycles. The molecule has 0 bridgehead atoms. The molecular weight excluding hydrogens is 388 g/mol. The number of esters is 1. The predicted octanol–water partition coefficient (Wildman–Crippen LogP) is 1.66. The first-order valence-corrected chi connectivity index (χ1v) is 9.45. The SMILES string of the molecule is N#Cc1ccc(COC(=O)CCNc2ccc(S(N)(=O)=O)cc2[N+](=O)[O-])cc1. The predicted molar refractivity (Wildman–Crippen MR) is 98.5 cm³/mol. The zero-order chi connectivity index (χ0) is 20.7. The smallest absolute Gasteiger partial charge is 0.307 e. The van der Waals surface area contributed by atoms with Gasteiger partial charge in [-0.2, -0.15) is 5.26 Å². The number of nitro groups is 1. The van der Waals surface area contributed by atoms with Crippen molar-refractivity contribution in [3.63, 3.8) is 0 Å². The summed E-state index contributed by atoms with van der Waals surface area (Å²) in [7, 11) is -4.07. The van der Waals surface area contributed by atoms with Crippen LogP contribution in [0.4, 0.5) is 11.4 Å². The lowest BCUT2D eigenvalue weighted by molar-refractivity contribution is -0.384. The molecule has 11 heteroatoms. The number of carbonyl (C=O) groups excluding carboxylic acids is 1. The molecule has 0 radical (unpaired) electrons. The van der Waals surface area contributed by atoms with Gasteiger partial charge in [0.2, 0.25) is 10.0 Å². The minimum atomic E-state index is -4.07. The first kappa shape index (κ1) is 20.8. The first-order chi connectivity index (χ1) is 13.2. The van der Waals surface area contributed by atoms with Crippen LogP contribution in [0.15, 0.2) is 47.4 Å². The summed E-state index contributed by atoms with van der Waals surface area (Å²) >= 11 is 0. The van der Waals surface area contributed by atoms with Gasteiger partial charge in [0.15, 0.2) is 0 Å². The van der Waals surface area contributed by atoms with Gasteiger partial charge in [0.1, 0.15) is 12.3 Å². The van der Waals surface area contributed by atoms with Gasteiger partial charge in [-0.3, -0.25) is 14.9 Å². The molecule has 0 unspecified atom stereocenters. The quantitative estimate of drug-likeness (QED) is 0.381. The van der Waals surface area contributed by atoms with Crippen LogP contribution in [-0.4, -0.2) is 25.9 Å². The van der Waals surface area contributed by atoms with Crippen molar-refractivity contribution in [1.29, 1.82) is 5.26 Å². The molecule has 2 rings (SSSR count). The Kier molecular flexibility index (Phi) is 6.64. The Morgan fingerprint density at radius 1 is 1.25 bits per heavy atom. The van der Waals surface area contributed by atoms with Crippen molar-refractivity contribution in [2.45, 2.75) is 17.9 Å². The molecule has 10 nitrogen and oxygen atoms in total. The number of anilines is 1. The van der Waals surface area contributed by atoms with Gasteiger partial charge in [-0.05, 0) is 29.8 Å². The van der Waals surface area contributed by atoms with Crippen LogP contribution in [0.3, 0.4) is 0 Å². The Hall–Kier alpha value is -3.49. The van der Waals surface area contributed by atoms with E-state index in [4.69, 9.17) is 15.1 Å². The van der Waals surface area contributed by atoms with Gasteiger partial charge in [-0.15, -0.1) is 0 Å². The van der Waals surface area contributed by atoms with Crippen LogP contribution in [0.2, 0.25) is 0 Å². The van der Waals surface area contributed by atoms with Crippen molar-refractivity contribution < 1.29 is 22.9 Å². The number of nitrogens with one attached hydrogen (secondary N) is 1. The second-order valence-corrected chi connectivity index (χ2v) is 7.19. The Morgan fingerprint density at radius 3 is 2.50 bits per heavy atom. The summed E-state index contributed by atoms with van der Waals surface area (Å²) in [4.78, 5) is 21.8. The second kappa shape index (κ2) is 8.94. The van der Waals surface area contributed by atoms with Crippen molar-refractivity contribution in [1.82, 2.24) is 0 Å². The van der Waals surface area contributed by atoms with Gasteiger partial charge in [0, 0.05) is 12.6 Å². The number of hydrogen-bond acceptors (Lipinski definition) is 8. The molecule has 0 heterocycles. The molecule has 0 saturated heterocycles. The van der Waals surface area contributed by atoms with Gasteiger partial charge in [0.25, 0.3) is 5.69 Å². The molecule has 2 aromatic rings. The van der Waals surface area contributed by atoms with Gasteiger partial charge in [0.05, 0.1) is 27.9 Å². The van der Waals surface area contributed by atoms with E-state index in [-0.39, 0.29) is 30.2 Å². The average molecular weight is 404 g/mol. The summed E-state index contributed by atoms with van der Waals surface area (Å²) in [5, 5.41) is 27.5. The summed E-state index contributed by atoms with van der Waals surface area (Å²) in [5.74, 6) is -0.527. The van der Waals surface area contributed by atoms with E-state index in [1.54, 1.807) is 24.3 Å². The maximum absolute atomic E-state index is 11.8. The van der Waals surface area contributed by atoms with Crippen molar-refractivity contribution in [2.75, 3.05) is 11.9 Å². The Labute approximate surface area is 160 Å². The topological polar surface area (TPSA) is 165 Å². The summed E-state index contributed by atoms with van der Waals surface area (Å²) in [6.45, 7) is 0.0789. The fraction of sp³-hybridized carbons (Fsp3) is 0.176. The molecular formula is C17H16N4O6S. The largest absolute Gasteiger partial charge is 0.461 e. The summed E-state index contributed by atoms with van der Waals surface area (Å²) < 4.78 is 27.7. The van der Waals surface area contributed by atoms with Gasteiger partial charge in [-0.1, -0.05) is 12.1 Å². The maximum atomic E-state index is 11.8. The minimum Gasteiger partial charge on any atom is -0.461 e. The molecule has 0 aliphatic rings. The molecule has 0 fully saturated rings. The number of ether oxygens (including phenoxy) is 1. The number of nitriles is 1. The van der Waals surface area contributed by atoms with Gasteiger partial charge >= 0.3 is 5.97 Å². The molecule has 146 valence electrons. The van der Waals surface area contributed by atoms with E-state index in [2.05, 4.69) is 5.32 Å². The molecule has 0 aliphatic heterocycles.